The largest absolute Gasteiger partial charge is 0.370 e. The summed E-state index contributed by atoms with van der Waals surface area (Å²) in [4.78, 5) is 4.21. The lowest BCUT2D eigenvalue weighted by atomic mass is 10.2. The van der Waals surface area contributed by atoms with Gasteiger partial charge in [0, 0.05) is 6.54 Å². The van der Waals surface area contributed by atoms with Crippen molar-refractivity contribution in [2.45, 2.75) is 13.8 Å². The maximum Gasteiger partial charge on any atom is 0.157 e. The van der Waals surface area contributed by atoms with E-state index in [4.69, 9.17) is 0 Å². The Bertz CT molecular complexity index is 494. The average molecular weight is 250 g/mol. The van der Waals surface area contributed by atoms with Crippen molar-refractivity contribution in [2.75, 3.05) is 23.9 Å². The highest BCUT2D eigenvalue weighted by Crippen LogP contribution is 2.14. The van der Waals surface area contributed by atoms with Crippen LogP contribution in [0.25, 0.3) is 5.65 Å². The molecule has 0 fully saturated rings. The Morgan fingerprint density at radius 3 is 3.06 bits per heavy atom. The predicted molar refractivity (Wildman–Crippen MR) is 73.8 cm³/mol. The lowest BCUT2D eigenvalue weighted by molar-refractivity contribution is 0.696. The minimum absolute atomic E-state index is 0.643. The van der Waals surface area contributed by atoms with E-state index in [-0.39, 0.29) is 0 Å². The minimum Gasteiger partial charge on any atom is -0.370 e. The molecule has 0 spiro atoms. The topological polar surface area (TPSA) is 42.2 Å². The molecule has 2 rings (SSSR count). The van der Waals surface area contributed by atoms with E-state index in [1.54, 1.807) is 6.33 Å². The molecule has 0 aliphatic heterocycles. The number of nitrogens with zero attached hydrogens (tertiary/aromatic N) is 3. The molecule has 0 aliphatic rings. The summed E-state index contributed by atoms with van der Waals surface area (Å²) in [7, 11) is 0. The van der Waals surface area contributed by atoms with Gasteiger partial charge in [-0.05, 0) is 42.5 Å². The van der Waals surface area contributed by atoms with Crippen molar-refractivity contribution in [3.8, 4) is 0 Å². The molecule has 0 aromatic carbocycles. The molecule has 92 valence electrons. The van der Waals surface area contributed by atoms with Crippen LogP contribution >= 0.6 is 11.8 Å². The first kappa shape index (κ1) is 12.2. The van der Waals surface area contributed by atoms with E-state index in [2.05, 4.69) is 41.6 Å². The number of aromatic nitrogens is 3. The molecule has 0 aliphatic carbocycles. The third-order valence-electron chi connectivity index (χ3n) is 2.61. The molecule has 0 radical (unpaired) electrons. The second-order valence-corrected chi connectivity index (χ2v) is 5.30. The zero-order valence-corrected chi connectivity index (χ0v) is 11.3. The van der Waals surface area contributed by atoms with Gasteiger partial charge in [0.1, 0.15) is 12.1 Å². The monoisotopic (exact) mass is 250 g/mol. The normalized spacial score (nSPS) is 12.9. The highest BCUT2D eigenvalue weighted by Gasteiger charge is 2.05. The standard InChI is InChI=1S/C12H18N4S/c1-9-4-11(13-6-10(2)7-17-3)16-12(5-9)14-8-15-16/h4-5,8,10,13H,6-7H2,1-3H3. The van der Waals surface area contributed by atoms with E-state index in [9.17, 15) is 0 Å². The van der Waals surface area contributed by atoms with Gasteiger partial charge in [-0.1, -0.05) is 6.92 Å². The van der Waals surface area contributed by atoms with Crippen molar-refractivity contribution in [3.05, 3.63) is 24.0 Å². The lowest BCUT2D eigenvalue weighted by Gasteiger charge is -2.13. The number of thioether (sulfide) groups is 1. The quantitative estimate of drug-likeness (QED) is 0.885. The Morgan fingerprint density at radius 2 is 2.29 bits per heavy atom. The Kier molecular flexibility index (Phi) is 3.89. The van der Waals surface area contributed by atoms with Crippen LogP contribution in [0.15, 0.2) is 18.5 Å². The van der Waals surface area contributed by atoms with Gasteiger partial charge in [0.25, 0.3) is 0 Å². The summed E-state index contributed by atoms with van der Waals surface area (Å²) in [5.41, 5.74) is 2.09. The fourth-order valence-electron chi connectivity index (χ4n) is 1.80. The molecule has 4 nitrogen and oxygen atoms in total. The molecular formula is C12H18N4S. The maximum absolute atomic E-state index is 4.22. The number of hydrogen-bond donors (Lipinski definition) is 1. The summed E-state index contributed by atoms with van der Waals surface area (Å²) in [5.74, 6) is 2.83. The summed E-state index contributed by atoms with van der Waals surface area (Å²) in [6.07, 6.45) is 3.73. The number of rotatable bonds is 5. The molecule has 5 heteroatoms. The molecule has 0 saturated heterocycles. The molecule has 17 heavy (non-hydrogen) atoms. The Morgan fingerprint density at radius 1 is 1.47 bits per heavy atom. The van der Waals surface area contributed by atoms with Crippen LogP contribution < -0.4 is 5.32 Å². The molecule has 2 heterocycles. The summed E-state index contributed by atoms with van der Waals surface area (Å²) in [6, 6.07) is 4.14. The highest BCUT2D eigenvalue weighted by atomic mass is 32.2. The average Bonchev–Trinajstić information content (AvgIpc) is 2.74. The number of aryl methyl sites for hydroxylation is 1. The number of fused-ring (bicyclic) bond motifs is 1. The van der Waals surface area contributed by atoms with Crippen molar-refractivity contribution in [1.82, 2.24) is 14.6 Å². The third kappa shape index (κ3) is 2.91. The van der Waals surface area contributed by atoms with Crippen LogP contribution in [0.5, 0.6) is 0 Å². The highest BCUT2D eigenvalue weighted by molar-refractivity contribution is 7.98. The number of pyridine rings is 1. The van der Waals surface area contributed by atoms with Gasteiger partial charge in [0.05, 0.1) is 0 Å². The van der Waals surface area contributed by atoms with Crippen LogP contribution in [0, 0.1) is 12.8 Å². The molecule has 1 unspecified atom stereocenters. The summed E-state index contributed by atoms with van der Waals surface area (Å²) < 4.78 is 1.85. The van der Waals surface area contributed by atoms with E-state index >= 15 is 0 Å². The van der Waals surface area contributed by atoms with Gasteiger partial charge in [0.15, 0.2) is 5.65 Å². The maximum atomic E-state index is 4.22. The smallest absolute Gasteiger partial charge is 0.157 e. The van der Waals surface area contributed by atoms with Crippen molar-refractivity contribution in [1.29, 1.82) is 0 Å². The first-order valence-electron chi connectivity index (χ1n) is 5.74. The zero-order valence-electron chi connectivity index (χ0n) is 10.5. The first-order valence-corrected chi connectivity index (χ1v) is 7.13. The van der Waals surface area contributed by atoms with Gasteiger partial charge in [-0.2, -0.15) is 21.4 Å². The Hall–Kier alpha value is -1.23. The fourth-order valence-corrected chi connectivity index (χ4v) is 2.49. The van der Waals surface area contributed by atoms with E-state index in [0.717, 1.165) is 18.0 Å². The third-order valence-corrected chi connectivity index (χ3v) is 3.51. The van der Waals surface area contributed by atoms with Crippen LogP contribution in [0.3, 0.4) is 0 Å². The molecule has 1 N–H and O–H groups in total. The lowest BCUT2D eigenvalue weighted by Crippen LogP contribution is -2.15. The molecule has 1 atom stereocenters. The van der Waals surface area contributed by atoms with Crippen molar-refractivity contribution in [2.24, 2.45) is 5.92 Å². The molecule has 0 amide bonds. The minimum atomic E-state index is 0.643. The van der Waals surface area contributed by atoms with Crippen LogP contribution in [0.2, 0.25) is 0 Å². The van der Waals surface area contributed by atoms with Crippen molar-refractivity contribution < 1.29 is 0 Å². The van der Waals surface area contributed by atoms with Crippen LogP contribution in [-0.2, 0) is 0 Å². The van der Waals surface area contributed by atoms with Crippen LogP contribution in [0.1, 0.15) is 12.5 Å². The van der Waals surface area contributed by atoms with Gasteiger partial charge in [-0.15, -0.1) is 0 Å². The van der Waals surface area contributed by atoms with Crippen molar-refractivity contribution in [3.63, 3.8) is 0 Å². The van der Waals surface area contributed by atoms with Crippen LogP contribution in [0.4, 0.5) is 5.82 Å². The molecule has 0 bridgehead atoms. The van der Waals surface area contributed by atoms with E-state index in [1.807, 2.05) is 22.3 Å². The first-order chi connectivity index (χ1) is 8.20. The Balaban J connectivity index is 2.14. The second kappa shape index (κ2) is 5.40. The fraction of sp³-hybridized carbons (Fsp3) is 0.500. The predicted octanol–water partition coefficient (Wildman–Crippen LogP) is 2.45. The molecular weight excluding hydrogens is 232 g/mol. The Labute approximate surface area is 106 Å². The number of hydrogen-bond acceptors (Lipinski definition) is 4. The van der Waals surface area contributed by atoms with E-state index in [0.29, 0.717) is 5.92 Å². The summed E-state index contributed by atoms with van der Waals surface area (Å²) in [6.45, 7) is 5.28. The van der Waals surface area contributed by atoms with Gasteiger partial charge >= 0.3 is 0 Å². The van der Waals surface area contributed by atoms with Gasteiger partial charge in [-0.3, -0.25) is 0 Å². The second-order valence-electron chi connectivity index (χ2n) is 4.39. The molecule has 2 aromatic heterocycles. The van der Waals surface area contributed by atoms with Gasteiger partial charge in [-0.25, -0.2) is 4.98 Å². The van der Waals surface area contributed by atoms with Crippen LogP contribution in [-0.4, -0.2) is 33.2 Å². The van der Waals surface area contributed by atoms with E-state index < -0.39 is 0 Å². The number of nitrogens with one attached hydrogen (secondary N) is 1. The molecule has 2 aromatic rings. The SMILES string of the molecule is CSCC(C)CNc1cc(C)cc2ncnn12. The van der Waals surface area contributed by atoms with Gasteiger partial charge in [0.2, 0.25) is 0 Å². The van der Waals surface area contributed by atoms with E-state index in [1.165, 1.54) is 11.3 Å². The molecule has 0 saturated carbocycles. The van der Waals surface area contributed by atoms with Gasteiger partial charge < -0.3 is 5.32 Å². The van der Waals surface area contributed by atoms with Crippen molar-refractivity contribution >= 4 is 23.2 Å². The summed E-state index contributed by atoms with van der Waals surface area (Å²) in [5, 5.41) is 7.67. The summed E-state index contributed by atoms with van der Waals surface area (Å²) >= 11 is 1.88. The number of anilines is 1. The zero-order chi connectivity index (χ0) is 12.3.